The molecule has 2 atom stereocenters. The van der Waals surface area contributed by atoms with Crippen LogP contribution in [0.5, 0.6) is 0 Å². The Morgan fingerprint density at radius 3 is 2.58 bits per heavy atom. The molecule has 0 bridgehead atoms. The highest BCUT2D eigenvalue weighted by molar-refractivity contribution is 5.76. The Hall–Kier alpha value is -1.68. The van der Waals surface area contributed by atoms with E-state index in [1.165, 1.54) is 0 Å². The van der Waals surface area contributed by atoms with Gasteiger partial charge >= 0.3 is 0 Å². The third kappa shape index (κ3) is 2.28. The van der Waals surface area contributed by atoms with Gasteiger partial charge in [-0.1, -0.05) is 12.1 Å². The summed E-state index contributed by atoms with van der Waals surface area (Å²) in [4.78, 5) is 11.6. The Morgan fingerprint density at radius 2 is 1.95 bits per heavy atom. The minimum absolute atomic E-state index is 0.251. The standard InChI is InChI=1S/C15H19N3O/c1-10-15(18-8-7-12(9-18)11(2)19)17-14-6-4-3-5-13(14)16-10/h3-6,11-12,19H,7-9H2,1-2H3. The van der Waals surface area contributed by atoms with Crippen LogP contribution in [0.25, 0.3) is 11.0 Å². The number of aliphatic hydroxyl groups excluding tert-OH is 1. The van der Waals surface area contributed by atoms with E-state index in [0.29, 0.717) is 5.92 Å². The number of hydrogen-bond donors (Lipinski definition) is 1. The Kier molecular flexibility index (Phi) is 3.11. The number of aromatic nitrogens is 2. The molecule has 0 aliphatic carbocycles. The van der Waals surface area contributed by atoms with Crippen molar-refractivity contribution in [3.05, 3.63) is 30.0 Å². The van der Waals surface area contributed by atoms with E-state index >= 15 is 0 Å². The maximum atomic E-state index is 9.70. The fourth-order valence-corrected chi connectivity index (χ4v) is 2.75. The maximum Gasteiger partial charge on any atom is 0.150 e. The van der Waals surface area contributed by atoms with Gasteiger partial charge in [-0.05, 0) is 32.4 Å². The van der Waals surface area contributed by atoms with Crippen molar-refractivity contribution in [2.75, 3.05) is 18.0 Å². The summed E-state index contributed by atoms with van der Waals surface area (Å²) in [5.41, 5.74) is 2.84. The average Bonchev–Trinajstić information content (AvgIpc) is 2.87. The lowest BCUT2D eigenvalue weighted by molar-refractivity contribution is 0.136. The van der Waals surface area contributed by atoms with Gasteiger partial charge in [0.1, 0.15) is 0 Å². The molecule has 2 aromatic rings. The number of para-hydroxylation sites is 2. The van der Waals surface area contributed by atoms with Crippen LogP contribution in [0, 0.1) is 12.8 Å². The van der Waals surface area contributed by atoms with Gasteiger partial charge in [0.05, 0.1) is 22.8 Å². The normalized spacial score (nSPS) is 21.0. The molecule has 0 radical (unpaired) electrons. The van der Waals surface area contributed by atoms with Gasteiger partial charge in [-0.2, -0.15) is 0 Å². The van der Waals surface area contributed by atoms with Crippen molar-refractivity contribution in [2.24, 2.45) is 5.92 Å². The third-order valence-corrected chi connectivity index (χ3v) is 3.93. The van der Waals surface area contributed by atoms with Crippen LogP contribution >= 0.6 is 0 Å². The van der Waals surface area contributed by atoms with Crippen LogP contribution in [0.4, 0.5) is 5.82 Å². The van der Waals surface area contributed by atoms with Crippen LogP contribution in [0.2, 0.25) is 0 Å². The van der Waals surface area contributed by atoms with E-state index in [1.807, 2.05) is 38.1 Å². The number of aryl methyl sites for hydroxylation is 1. The fourth-order valence-electron chi connectivity index (χ4n) is 2.75. The zero-order valence-corrected chi connectivity index (χ0v) is 11.4. The smallest absolute Gasteiger partial charge is 0.150 e. The average molecular weight is 257 g/mol. The molecule has 2 unspecified atom stereocenters. The molecule has 1 N–H and O–H groups in total. The van der Waals surface area contributed by atoms with Crippen molar-refractivity contribution >= 4 is 16.9 Å². The van der Waals surface area contributed by atoms with E-state index in [1.54, 1.807) is 0 Å². The second-order valence-corrected chi connectivity index (χ2v) is 5.36. The minimum Gasteiger partial charge on any atom is -0.393 e. The van der Waals surface area contributed by atoms with Crippen LogP contribution in [-0.2, 0) is 0 Å². The van der Waals surface area contributed by atoms with Crippen LogP contribution in [-0.4, -0.2) is 34.3 Å². The molecular formula is C15H19N3O. The first-order chi connectivity index (χ1) is 9.15. The second-order valence-electron chi connectivity index (χ2n) is 5.36. The highest BCUT2D eigenvalue weighted by Crippen LogP contribution is 2.27. The van der Waals surface area contributed by atoms with E-state index < -0.39 is 0 Å². The Labute approximate surface area is 113 Å². The molecular weight excluding hydrogens is 238 g/mol. The summed E-state index contributed by atoms with van der Waals surface area (Å²) in [5, 5.41) is 9.70. The number of fused-ring (bicyclic) bond motifs is 1. The predicted octanol–water partition coefficient (Wildman–Crippen LogP) is 2.15. The van der Waals surface area contributed by atoms with Crippen molar-refractivity contribution in [3.63, 3.8) is 0 Å². The topological polar surface area (TPSA) is 49.2 Å². The molecule has 1 aromatic heterocycles. The molecule has 19 heavy (non-hydrogen) atoms. The summed E-state index contributed by atoms with van der Waals surface area (Å²) < 4.78 is 0. The fraction of sp³-hybridized carbons (Fsp3) is 0.467. The zero-order chi connectivity index (χ0) is 13.4. The molecule has 0 spiro atoms. The summed E-state index contributed by atoms with van der Waals surface area (Å²) in [6.45, 7) is 5.69. The number of nitrogens with zero attached hydrogens (tertiary/aromatic N) is 3. The van der Waals surface area contributed by atoms with E-state index in [4.69, 9.17) is 4.98 Å². The Morgan fingerprint density at radius 1 is 1.26 bits per heavy atom. The lowest BCUT2D eigenvalue weighted by Crippen LogP contribution is -2.25. The highest BCUT2D eigenvalue weighted by atomic mass is 16.3. The van der Waals surface area contributed by atoms with Gasteiger partial charge < -0.3 is 10.0 Å². The largest absolute Gasteiger partial charge is 0.393 e. The molecule has 4 nitrogen and oxygen atoms in total. The molecule has 0 saturated carbocycles. The van der Waals surface area contributed by atoms with Gasteiger partial charge in [0.2, 0.25) is 0 Å². The molecule has 100 valence electrons. The summed E-state index contributed by atoms with van der Waals surface area (Å²) in [5.74, 6) is 1.30. The third-order valence-electron chi connectivity index (χ3n) is 3.93. The molecule has 1 aromatic carbocycles. The summed E-state index contributed by atoms with van der Waals surface area (Å²) in [6, 6.07) is 7.95. The number of aliphatic hydroxyl groups is 1. The molecule has 3 rings (SSSR count). The van der Waals surface area contributed by atoms with E-state index in [2.05, 4.69) is 9.88 Å². The first-order valence-electron chi connectivity index (χ1n) is 6.81. The Bertz CT molecular complexity index is 597. The van der Waals surface area contributed by atoms with Crippen molar-refractivity contribution in [2.45, 2.75) is 26.4 Å². The summed E-state index contributed by atoms with van der Waals surface area (Å²) in [6.07, 6.45) is 0.768. The minimum atomic E-state index is -0.251. The van der Waals surface area contributed by atoms with Gasteiger partial charge in [0.25, 0.3) is 0 Å². The predicted molar refractivity (Wildman–Crippen MR) is 76.3 cm³/mol. The van der Waals surface area contributed by atoms with Gasteiger partial charge in [0, 0.05) is 19.0 Å². The van der Waals surface area contributed by atoms with E-state index in [9.17, 15) is 5.11 Å². The molecule has 2 heterocycles. The number of rotatable bonds is 2. The summed E-state index contributed by atoms with van der Waals surface area (Å²) in [7, 11) is 0. The van der Waals surface area contributed by atoms with Crippen molar-refractivity contribution < 1.29 is 5.11 Å². The van der Waals surface area contributed by atoms with Crippen LogP contribution < -0.4 is 4.90 Å². The molecule has 1 fully saturated rings. The van der Waals surface area contributed by atoms with Gasteiger partial charge in [0.15, 0.2) is 5.82 Å². The SMILES string of the molecule is Cc1nc2ccccc2nc1N1CCC(C(C)O)C1. The zero-order valence-electron chi connectivity index (χ0n) is 11.4. The lowest BCUT2D eigenvalue weighted by Gasteiger charge is -2.20. The Balaban J connectivity index is 1.95. The quantitative estimate of drug-likeness (QED) is 0.895. The van der Waals surface area contributed by atoms with Crippen molar-refractivity contribution in [1.82, 2.24) is 9.97 Å². The maximum absolute atomic E-state index is 9.70. The number of anilines is 1. The molecule has 1 aliphatic heterocycles. The molecule has 4 heteroatoms. The number of hydrogen-bond acceptors (Lipinski definition) is 4. The highest BCUT2D eigenvalue weighted by Gasteiger charge is 2.28. The monoisotopic (exact) mass is 257 g/mol. The van der Waals surface area contributed by atoms with Crippen molar-refractivity contribution in [3.8, 4) is 0 Å². The van der Waals surface area contributed by atoms with Gasteiger partial charge in [-0.3, -0.25) is 0 Å². The van der Waals surface area contributed by atoms with E-state index in [0.717, 1.165) is 42.1 Å². The van der Waals surface area contributed by atoms with Crippen molar-refractivity contribution in [1.29, 1.82) is 0 Å². The molecule has 1 saturated heterocycles. The lowest BCUT2D eigenvalue weighted by atomic mass is 10.0. The first-order valence-corrected chi connectivity index (χ1v) is 6.81. The summed E-state index contributed by atoms with van der Waals surface area (Å²) >= 11 is 0. The molecule has 1 aliphatic rings. The molecule has 0 amide bonds. The number of benzene rings is 1. The van der Waals surface area contributed by atoms with Crippen LogP contribution in [0.1, 0.15) is 19.0 Å². The second kappa shape index (κ2) is 4.78. The van der Waals surface area contributed by atoms with E-state index in [-0.39, 0.29) is 6.10 Å². The van der Waals surface area contributed by atoms with Gasteiger partial charge in [-0.25, -0.2) is 9.97 Å². The van der Waals surface area contributed by atoms with Gasteiger partial charge in [-0.15, -0.1) is 0 Å². The van der Waals surface area contributed by atoms with Crippen LogP contribution in [0.15, 0.2) is 24.3 Å². The first kappa shape index (κ1) is 12.4. The van der Waals surface area contributed by atoms with Crippen LogP contribution in [0.3, 0.4) is 0 Å².